The van der Waals surface area contributed by atoms with Gasteiger partial charge in [-0.2, -0.15) is 5.10 Å². The molecule has 2 N–H and O–H groups in total. The molecule has 3 aromatic rings. The second kappa shape index (κ2) is 10.5. The number of thioether (sulfide) groups is 1. The van der Waals surface area contributed by atoms with Crippen LogP contribution >= 0.6 is 43.6 Å². The lowest BCUT2D eigenvalue weighted by molar-refractivity contribution is -0.122. The van der Waals surface area contributed by atoms with Gasteiger partial charge in [-0.3, -0.25) is 9.69 Å². The van der Waals surface area contributed by atoms with Crippen molar-refractivity contribution in [3.63, 3.8) is 0 Å². The SMILES string of the molecule is COc1cc(/C=N/N=C2\S/C(=C\c3cc(Br)cc(Br)c3O)C(=O)N2Cc2ccco2)ccc1O. The molecule has 0 atom stereocenters. The number of carbonyl (C=O) groups is 1. The number of amides is 1. The minimum atomic E-state index is -0.294. The van der Waals surface area contributed by atoms with Crippen LogP contribution in [0.3, 0.4) is 0 Å². The maximum Gasteiger partial charge on any atom is 0.267 e. The summed E-state index contributed by atoms with van der Waals surface area (Å²) in [7, 11) is 1.46. The molecule has 1 fully saturated rings. The molecular weight excluding hydrogens is 590 g/mol. The van der Waals surface area contributed by atoms with Crippen LogP contribution in [-0.4, -0.2) is 39.5 Å². The maximum atomic E-state index is 13.2. The molecule has 0 saturated carbocycles. The lowest BCUT2D eigenvalue weighted by Crippen LogP contribution is -2.28. The van der Waals surface area contributed by atoms with Crippen LogP contribution < -0.4 is 4.74 Å². The maximum absolute atomic E-state index is 13.2. The van der Waals surface area contributed by atoms with Crippen molar-refractivity contribution in [2.45, 2.75) is 6.54 Å². The summed E-state index contributed by atoms with van der Waals surface area (Å²) < 4.78 is 11.7. The van der Waals surface area contributed by atoms with Crippen molar-refractivity contribution in [2.24, 2.45) is 10.2 Å². The molecular formula is C23H17Br2N3O5S. The standard InChI is InChI=1S/C23H17Br2N3O5S/c1-32-19-7-13(4-5-18(19)29)11-26-27-23-28(12-16-3-2-6-33-16)22(31)20(34-23)9-14-8-15(24)10-17(25)21(14)30/h2-11,29-30H,12H2,1H3/b20-9-,26-11+,27-23-. The van der Waals surface area contributed by atoms with E-state index < -0.39 is 0 Å². The predicted molar refractivity (Wildman–Crippen MR) is 138 cm³/mol. The molecule has 34 heavy (non-hydrogen) atoms. The largest absolute Gasteiger partial charge is 0.506 e. The fraction of sp³-hybridized carbons (Fsp3) is 0.0870. The molecule has 1 amide bonds. The van der Waals surface area contributed by atoms with Crippen molar-refractivity contribution < 1.29 is 24.2 Å². The minimum absolute atomic E-state index is 0.0183. The Kier molecular flexibility index (Phi) is 7.44. The highest BCUT2D eigenvalue weighted by atomic mass is 79.9. The van der Waals surface area contributed by atoms with E-state index in [9.17, 15) is 15.0 Å². The van der Waals surface area contributed by atoms with Gasteiger partial charge in [-0.05, 0) is 81.8 Å². The molecule has 0 spiro atoms. The number of carbonyl (C=O) groups excluding carboxylic acids is 1. The molecule has 0 aliphatic carbocycles. The average Bonchev–Trinajstić information content (AvgIpc) is 3.42. The molecule has 1 aliphatic heterocycles. The predicted octanol–water partition coefficient (Wildman–Crippen LogP) is 5.73. The van der Waals surface area contributed by atoms with E-state index in [1.807, 2.05) is 0 Å². The van der Waals surface area contributed by atoms with Gasteiger partial charge in [-0.15, -0.1) is 5.10 Å². The van der Waals surface area contributed by atoms with E-state index in [0.29, 0.717) is 37.2 Å². The number of ether oxygens (including phenoxy) is 1. The van der Waals surface area contributed by atoms with Gasteiger partial charge >= 0.3 is 0 Å². The van der Waals surface area contributed by atoms with Gasteiger partial charge in [-0.1, -0.05) is 15.9 Å². The third-order valence-electron chi connectivity index (χ3n) is 4.68. The summed E-state index contributed by atoms with van der Waals surface area (Å²) in [5, 5.41) is 28.8. The van der Waals surface area contributed by atoms with E-state index in [-0.39, 0.29) is 24.0 Å². The van der Waals surface area contributed by atoms with Gasteiger partial charge in [-0.25, -0.2) is 0 Å². The van der Waals surface area contributed by atoms with Gasteiger partial charge < -0.3 is 19.4 Å². The van der Waals surface area contributed by atoms with Crippen LogP contribution in [0.25, 0.3) is 6.08 Å². The summed E-state index contributed by atoms with van der Waals surface area (Å²) in [5.74, 6) is 0.642. The van der Waals surface area contributed by atoms with E-state index in [2.05, 4.69) is 42.1 Å². The van der Waals surface area contributed by atoms with Crippen LogP contribution in [0.4, 0.5) is 0 Å². The van der Waals surface area contributed by atoms with Crippen LogP contribution in [0.2, 0.25) is 0 Å². The molecule has 0 bridgehead atoms. The van der Waals surface area contributed by atoms with Crippen molar-refractivity contribution in [3.05, 3.63) is 79.5 Å². The zero-order valence-corrected chi connectivity index (χ0v) is 21.6. The monoisotopic (exact) mass is 605 g/mol. The van der Waals surface area contributed by atoms with E-state index in [1.165, 1.54) is 30.6 Å². The highest BCUT2D eigenvalue weighted by Crippen LogP contribution is 2.38. The molecule has 4 rings (SSSR count). The van der Waals surface area contributed by atoms with Crippen LogP contribution in [0.1, 0.15) is 16.9 Å². The van der Waals surface area contributed by atoms with Gasteiger partial charge in [0.05, 0.1) is 35.5 Å². The Morgan fingerprint density at radius 2 is 2.03 bits per heavy atom. The van der Waals surface area contributed by atoms with E-state index in [1.54, 1.807) is 42.5 Å². The number of hydrogen-bond donors (Lipinski definition) is 2. The van der Waals surface area contributed by atoms with Gasteiger partial charge in [0.1, 0.15) is 11.5 Å². The highest BCUT2D eigenvalue weighted by molar-refractivity contribution is 9.11. The van der Waals surface area contributed by atoms with Crippen LogP contribution in [0, 0.1) is 0 Å². The van der Waals surface area contributed by atoms with Crippen molar-refractivity contribution in [3.8, 4) is 17.2 Å². The second-order valence-corrected chi connectivity index (χ2v) is 9.74. The van der Waals surface area contributed by atoms with Crippen molar-refractivity contribution >= 4 is 67.0 Å². The second-order valence-electron chi connectivity index (χ2n) is 6.97. The summed E-state index contributed by atoms with van der Waals surface area (Å²) in [6, 6.07) is 11.7. The quantitative estimate of drug-likeness (QED) is 0.211. The molecule has 2 heterocycles. The molecule has 174 valence electrons. The first-order chi connectivity index (χ1) is 16.4. The number of aromatic hydroxyl groups is 2. The Morgan fingerprint density at radius 3 is 2.76 bits per heavy atom. The summed E-state index contributed by atoms with van der Waals surface area (Å²) in [4.78, 5) is 15.0. The average molecular weight is 607 g/mol. The van der Waals surface area contributed by atoms with Crippen molar-refractivity contribution in [2.75, 3.05) is 7.11 Å². The summed E-state index contributed by atoms with van der Waals surface area (Å²) in [6.07, 6.45) is 4.62. The Bertz CT molecular complexity index is 1320. The number of benzene rings is 2. The summed E-state index contributed by atoms with van der Waals surface area (Å²) >= 11 is 7.83. The fourth-order valence-electron chi connectivity index (χ4n) is 3.04. The molecule has 0 radical (unpaired) electrons. The first kappa shape index (κ1) is 24.1. The third-order valence-corrected chi connectivity index (χ3v) is 6.74. The molecule has 11 heteroatoms. The topological polar surface area (TPSA) is 108 Å². The van der Waals surface area contributed by atoms with E-state index in [4.69, 9.17) is 9.15 Å². The van der Waals surface area contributed by atoms with E-state index in [0.717, 1.165) is 16.2 Å². The molecule has 8 nitrogen and oxygen atoms in total. The number of nitrogens with zero attached hydrogens (tertiary/aromatic N) is 3. The number of phenolic OH excluding ortho intramolecular Hbond substituents is 2. The number of rotatable bonds is 6. The van der Waals surface area contributed by atoms with Gasteiger partial charge in [0, 0.05) is 10.0 Å². The van der Waals surface area contributed by atoms with E-state index >= 15 is 0 Å². The first-order valence-corrected chi connectivity index (χ1v) is 12.2. The Hall–Kier alpha value is -3.02. The number of phenols is 2. The fourth-order valence-corrected chi connectivity index (χ4v) is 5.22. The van der Waals surface area contributed by atoms with Gasteiger partial charge in [0.15, 0.2) is 16.7 Å². The lowest BCUT2D eigenvalue weighted by atomic mass is 10.2. The van der Waals surface area contributed by atoms with Crippen LogP contribution in [0.15, 0.2) is 77.2 Å². The first-order valence-electron chi connectivity index (χ1n) is 9.75. The summed E-state index contributed by atoms with van der Waals surface area (Å²) in [6.45, 7) is 0.172. The number of methoxy groups -OCH3 is 1. The highest BCUT2D eigenvalue weighted by Gasteiger charge is 2.34. The van der Waals surface area contributed by atoms with Crippen LogP contribution in [0.5, 0.6) is 17.2 Å². The number of hydrogen-bond acceptors (Lipinski definition) is 8. The Balaban J connectivity index is 1.66. The molecule has 1 aliphatic rings. The minimum Gasteiger partial charge on any atom is -0.506 e. The zero-order valence-electron chi connectivity index (χ0n) is 17.6. The lowest BCUT2D eigenvalue weighted by Gasteiger charge is -2.12. The Labute approximate surface area is 215 Å². The zero-order chi connectivity index (χ0) is 24.2. The molecule has 1 saturated heterocycles. The van der Waals surface area contributed by atoms with Crippen molar-refractivity contribution in [1.29, 1.82) is 0 Å². The summed E-state index contributed by atoms with van der Waals surface area (Å²) in [5.41, 5.74) is 1.13. The third kappa shape index (κ3) is 5.37. The number of furan rings is 1. The Morgan fingerprint density at radius 1 is 1.21 bits per heavy atom. The molecule has 2 aromatic carbocycles. The normalized spacial score (nSPS) is 16.3. The molecule has 1 aromatic heterocycles. The smallest absolute Gasteiger partial charge is 0.267 e. The van der Waals surface area contributed by atoms with Gasteiger partial charge in [0.25, 0.3) is 5.91 Å². The molecule has 0 unspecified atom stereocenters. The number of amidine groups is 1. The van der Waals surface area contributed by atoms with Crippen molar-refractivity contribution in [1.82, 2.24) is 4.90 Å². The van der Waals surface area contributed by atoms with Gasteiger partial charge in [0.2, 0.25) is 0 Å². The van der Waals surface area contributed by atoms with Crippen LogP contribution in [-0.2, 0) is 11.3 Å². The number of halogens is 2.